The van der Waals surface area contributed by atoms with Crippen molar-refractivity contribution in [1.82, 2.24) is 9.80 Å². The summed E-state index contributed by atoms with van der Waals surface area (Å²) in [4.78, 5) is 17.1. The van der Waals surface area contributed by atoms with E-state index in [1.807, 2.05) is 17.0 Å². The molecule has 160 valence electrons. The number of piperazine rings is 1. The Kier molecular flexibility index (Phi) is 6.59. The third-order valence-electron chi connectivity index (χ3n) is 5.91. The van der Waals surface area contributed by atoms with Gasteiger partial charge in [-0.2, -0.15) is 0 Å². The summed E-state index contributed by atoms with van der Waals surface area (Å²) in [6, 6.07) is 24.7. The Morgan fingerprint density at radius 3 is 2.26 bits per heavy atom. The Morgan fingerprint density at radius 1 is 0.903 bits per heavy atom. The van der Waals surface area contributed by atoms with Crippen LogP contribution in [0.3, 0.4) is 0 Å². The molecule has 31 heavy (non-hydrogen) atoms. The van der Waals surface area contributed by atoms with Crippen LogP contribution in [0.25, 0.3) is 0 Å². The highest BCUT2D eigenvalue weighted by atomic mass is 35.5. The van der Waals surface area contributed by atoms with Crippen LogP contribution in [0.15, 0.2) is 72.8 Å². The van der Waals surface area contributed by atoms with Gasteiger partial charge in [0.2, 0.25) is 0 Å². The second kappa shape index (κ2) is 9.54. The summed E-state index contributed by atoms with van der Waals surface area (Å²) < 4.78 is 0. The van der Waals surface area contributed by atoms with E-state index in [2.05, 4.69) is 72.6 Å². The van der Waals surface area contributed by atoms with Crippen LogP contribution in [-0.2, 0) is 0 Å². The van der Waals surface area contributed by atoms with E-state index in [-0.39, 0.29) is 12.1 Å². The largest absolute Gasteiger partial charge is 0.322 e. The molecule has 0 aliphatic carbocycles. The van der Waals surface area contributed by atoms with Crippen LogP contribution in [0.2, 0.25) is 5.02 Å². The van der Waals surface area contributed by atoms with Gasteiger partial charge < -0.3 is 10.2 Å². The van der Waals surface area contributed by atoms with Crippen molar-refractivity contribution >= 4 is 23.3 Å². The summed E-state index contributed by atoms with van der Waals surface area (Å²) in [7, 11) is 0. The van der Waals surface area contributed by atoms with Gasteiger partial charge in [-0.15, -0.1) is 0 Å². The number of hydrogen-bond acceptors (Lipinski definition) is 2. The molecule has 5 heteroatoms. The molecule has 0 bridgehead atoms. The van der Waals surface area contributed by atoms with Crippen molar-refractivity contribution < 1.29 is 4.79 Å². The Bertz CT molecular complexity index is 1030. The summed E-state index contributed by atoms with van der Waals surface area (Å²) in [6.07, 6.45) is 0. The van der Waals surface area contributed by atoms with Gasteiger partial charge in [0.15, 0.2) is 0 Å². The van der Waals surface area contributed by atoms with Crippen LogP contribution in [0, 0.1) is 13.8 Å². The number of benzene rings is 3. The Labute approximate surface area is 189 Å². The summed E-state index contributed by atoms with van der Waals surface area (Å²) in [6.45, 7) is 7.34. The average Bonchev–Trinajstić information content (AvgIpc) is 2.79. The minimum absolute atomic E-state index is 0.0648. The molecule has 1 N–H and O–H groups in total. The number of hydrogen-bond donors (Lipinski definition) is 1. The van der Waals surface area contributed by atoms with Crippen molar-refractivity contribution in [2.75, 3.05) is 31.5 Å². The lowest BCUT2D eigenvalue weighted by atomic mass is 9.92. The van der Waals surface area contributed by atoms with Crippen molar-refractivity contribution in [3.05, 3.63) is 100 Å². The first-order chi connectivity index (χ1) is 15.0. The lowest BCUT2D eigenvalue weighted by Crippen LogP contribution is -2.51. The fourth-order valence-electron chi connectivity index (χ4n) is 4.20. The molecule has 1 saturated heterocycles. The number of carbonyl (C=O) groups excluding carboxylic acids is 1. The van der Waals surface area contributed by atoms with E-state index >= 15 is 0 Å². The Hall–Kier alpha value is -2.82. The number of halogens is 1. The smallest absolute Gasteiger partial charge is 0.321 e. The number of anilines is 1. The molecule has 1 aliphatic rings. The van der Waals surface area contributed by atoms with E-state index < -0.39 is 0 Å². The van der Waals surface area contributed by atoms with E-state index in [1.165, 1.54) is 22.3 Å². The lowest BCUT2D eigenvalue weighted by molar-refractivity contribution is 0.126. The Balaban J connectivity index is 1.49. The molecule has 0 aromatic heterocycles. The number of amides is 2. The van der Waals surface area contributed by atoms with E-state index in [0.717, 1.165) is 18.8 Å². The van der Waals surface area contributed by atoms with Gasteiger partial charge in [-0.3, -0.25) is 4.90 Å². The molecule has 0 spiro atoms. The predicted molar refractivity (Wildman–Crippen MR) is 128 cm³/mol. The fraction of sp³-hybridized carbons (Fsp3) is 0.269. The van der Waals surface area contributed by atoms with Crippen LogP contribution in [0.4, 0.5) is 10.5 Å². The van der Waals surface area contributed by atoms with Gasteiger partial charge in [0, 0.05) is 36.9 Å². The molecular weight excluding hydrogens is 406 g/mol. The number of carbonyl (C=O) groups is 1. The van der Waals surface area contributed by atoms with Crippen LogP contribution in [0.1, 0.15) is 28.3 Å². The van der Waals surface area contributed by atoms with Gasteiger partial charge in [0.1, 0.15) is 0 Å². The maximum Gasteiger partial charge on any atom is 0.321 e. The molecule has 1 heterocycles. The highest BCUT2D eigenvalue weighted by molar-refractivity contribution is 6.30. The van der Waals surface area contributed by atoms with E-state index in [9.17, 15) is 4.79 Å². The molecular formula is C26H28ClN3O. The molecule has 0 radical (unpaired) electrons. The number of urea groups is 1. The molecule has 0 unspecified atom stereocenters. The first kappa shape index (κ1) is 21.4. The molecule has 2 amide bonds. The highest BCUT2D eigenvalue weighted by Gasteiger charge is 2.29. The van der Waals surface area contributed by atoms with Gasteiger partial charge in [-0.05, 0) is 54.8 Å². The average molecular weight is 434 g/mol. The molecule has 4 rings (SSSR count). The topological polar surface area (TPSA) is 35.6 Å². The second-order valence-electron chi connectivity index (χ2n) is 8.13. The van der Waals surface area contributed by atoms with Crippen molar-refractivity contribution in [2.24, 2.45) is 0 Å². The van der Waals surface area contributed by atoms with Gasteiger partial charge in [0.25, 0.3) is 0 Å². The second-order valence-corrected chi connectivity index (χ2v) is 8.57. The number of aryl methyl sites for hydroxylation is 2. The highest BCUT2D eigenvalue weighted by Crippen LogP contribution is 2.32. The zero-order chi connectivity index (χ0) is 21.8. The molecule has 1 aliphatic heterocycles. The first-order valence-electron chi connectivity index (χ1n) is 10.7. The van der Waals surface area contributed by atoms with Gasteiger partial charge in [-0.25, -0.2) is 4.79 Å². The normalized spacial score (nSPS) is 15.5. The summed E-state index contributed by atoms with van der Waals surface area (Å²) in [5.41, 5.74) is 5.94. The van der Waals surface area contributed by atoms with E-state index in [0.29, 0.717) is 18.1 Å². The summed E-state index contributed by atoms with van der Waals surface area (Å²) in [5.74, 6) is 0. The molecule has 3 aromatic carbocycles. The minimum Gasteiger partial charge on any atom is -0.322 e. The third kappa shape index (κ3) is 5.09. The standard InChI is InChI=1S/C26H28ClN3O/c1-19-8-9-20(2)24(18-19)25(21-6-4-3-5-7-21)29-14-16-30(17-15-29)26(31)28-23-12-10-22(27)11-13-23/h3-13,18,25H,14-17H2,1-2H3,(H,28,31)/t25-/m1/s1. The van der Waals surface area contributed by atoms with Crippen molar-refractivity contribution in [1.29, 1.82) is 0 Å². The maximum absolute atomic E-state index is 12.7. The SMILES string of the molecule is Cc1ccc(C)c([C@@H](c2ccccc2)N2CCN(C(=O)Nc3ccc(Cl)cc3)CC2)c1. The van der Waals surface area contributed by atoms with Crippen molar-refractivity contribution in [3.8, 4) is 0 Å². The molecule has 4 nitrogen and oxygen atoms in total. The zero-order valence-corrected chi connectivity index (χ0v) is 18.8. The van der Waals surface area contributed by atoms with Crippen LogP contribution >= 0.6 is 11.6 Å². The van der Waals surface area contributed by atoms with Crippen molar-refractivity contribution in [2.45, 2.75) is 19.9 Å². The van der Waals surface area contributed by atoms with E-state index in [4.69, 9.17) is 11.6 Å². The number of rotatable bonds is 4. The number of nitrogens with one attached hydrogen (secondary N) is 1. The quantitative estimate of drug-likeness (QED) is 0.556. The molecule has 0 saturated carbocycles. The van der Waals surface area contributed by atoms with Crippen LogP contribution in [-0.4, -0.2) is 42.0 Å². The third-order valence-corrected chi connectivity index (χ3v) is 6.16. The van der Waals surface area contributed by atoms with E-state index in [1.54, 1.807) is 12.1 Å². The predicted octanol–water partition coefficient (Wildman–Crippen LogP) is 5.90. The lowest BCUT2D eigenvalue weighted by Gasteiger charge is -2.40. The summed E-state index contributed by atoms with van der Waals surface area (Å²) in [5, 5.41) is 3.63. The van der Waals surface area contributed by atoms with Gasteiger partial charge in [0.05, 0.1) is 6.04 Å². The number of nitrogens with zero attached hydrogens (tertiary/aromatic N) is 2. The minimum atomic E-state index is -0.0648. The zero-order valence-electron chi connectivity index (χ0n) is 18.0. The van der Waals surface area contributed by atoms with Crippen molar-refractivity contribution in [3.63, 3.8) is 0 Å². The Morgan fingerprint density at radius 2 is 1.58 bits per heavy atom. The molecule has 1 atom stereocenters. The van der Waals surface area contributed by atoms with Crippen LogP contribution in [0.5, 0.6) is 0 Å². The fourth-order valence-corrected chi connectivity index (χ4v) is 4.32. The van der Waals surface area contributed by atoms with Gasteiger partial charge in [-0.1, -0.05) is 65.7 Å². The monoisotopic (exact) mass is 433 g/mol. The molecule has 1 fully saturated rings. The summed E-state index contributed by atoms with van der Waals surface area (Å²) >= 11 is 5.94. The first-order valence-corrected chi connectivity index (χ1v) is 11.1. The molecule has 3 aromatic rings. The maximum atomic E-state index is 12.7. The van der Waals surface area contributed by atoms with Crippen LogP contribution < -0.4 is 5.32 Å². The van der Waals surface area contributed by atoms with Gasteiger partial charge >= 0.3 is 6.03 Å².